The summed E-state index contributed by atoms with van der Waals surface area (Å²) >= 11 is 0. The average Bonchev–Trinajstić information content (AvgIpc) is 3.56. The van der Waals surface area contributed by atoms with Crippen LogP contribution in [0.1, 0.15) is 97.8 Å². The molecule has 2 saturated carbocycles. The monoisotopic (exact) mass is 846 g/mol. The fraction of sp³-hybridized carbons (Fsp3) is 0.841. The lowest BCUT2D eigenvalue weighted by molar-refractivity contribution is -0.706. The fourth-order valence-corrected chi connectivity index (χ4v) is 16.2. The van der Waals surface area contributed by atoms with Crippen LogP contribution in [-0.4, -0.2) is 119 Å². The Hall–Kier alpha value is -1.65. The standard InChI is InChI=1S/C44H68N4O8S2/c1-5-24(2)41(52)56-43(3)11-10-26-23-57-58-36-9-8-33(46-4)32-21-48(40(32)36)38(51)16-30-20-47-37(45)17-31(30)39(26)44(43)19-29-15-27-14-28(13-25(22-50)7-6-12-49)42(53)54-34(27)18-35(29)55-44/h5,10,25,27-37,39-40,46-47,49-50H,6-9,11-23,45H2,1-4H3/p+2. The van der Waals surface area contributed by atoms with Crippen LogP contribution in [0, 0.1) is 47.3 Å². The van der Waals surface area contributed by atoms with Crippen molar-refractivity contribution in [2.75, 3.05) is 39.1 Å². The lowest BCUT2D eigenvalue weighted by atomic mass is 9.56. The van der Waals surface area contributed by atoms with Crippen LogP contribution in [0.25, 0.3) is 0 Å². The van der Waals surface area contributed by atoms with Crippen LogP contribution in [0.15, 0.2) is 23.3 Å². The molecule has 12 nitrogen and oxygen atoms in total. The van der Waals surface area contributed by atoms with E-state index in [1.165, 1.54) is 12.0 Å². The molecule has 3 aliphatic carbocycles. The zero-order valence-electron chi connectivity index (χ0n) is 35.1. The van der Waals surface area contributed by atoms with E-state index in [1.54, 1.807) is 13.0 Å². The molecule has 16 unspecified atom stereocenters. The van der Waals surface area contributed by atoms with E-state index in [1.807, 2.05) is 28.5 Å². The molecule has 1 amide bonds. The van der Waals surface area contributed by atoms with Crippen LogP contribution >= 0.6 is 21.6 Å². The molecule has 5 heterocycles. The topological polar surface area (TPSA) is 182 Å². The second kappa shape index (κ2) is 17.6. The molecule has 14 heteroatoms. The number of hydrogen-bond acceptors (Lipinski definition) is 11. The first-order valence-corrected chi connectivity index (χ1v) is 24.9. The Labute approximate surface area is 352 Å². The smallest absolute Gasteiger partial charge is 0.334 e. The summed E-state index contributed by atoms with van der Waals surface area (Å²) in [6.07, 6.45) is 12.4. The summed E-state index contributed by atoms with van der Waals surface area (Å²) in [5, 5.41) is 24.5. The van der Waals surface area contributed by atoms with E-state index in [4.69, 9.17) is 19.9 Å². The zero-order valence-corrected chi connectivity index (χ0v) is 36.7. The molecular weight excluding hydrogens is 777 g/mol. The van der Waals surface area contributed by atoms with Gasteiger partial charge in [-0.15, -0.1) is 0 Å². The predicted molar refractivity (Wildman–Crippen MR) is 223 cm³/mol. The number of nitrogens with two attached hydrogens (primary N) is 3. The van der Waals surface area contributed by atoms with Gasteiger partial charge in [0.15, 0.2) is 0 Å². The Morgan fingerprint density at radius 3 is 2.74 bits per heavy atom. The van der Waals surface area contributed by atoms with Crippen molar-refractivity contribution in [3.63, 3.8) is 0 Å². The predicted octanol–water partition coefficient (Wildman–Crippen LogP) is 2.28. The Balaban J connectivity index is 1.13. The number of esters is 2. The number of ether oxygens (including phenoxy) is 3. The highest BCUT2D eigenvalue weighted by molar-refractivity contribution is 8.77. The van der Waals surface area contributed by atoms with Gasteiger partial charge in [0.1, 0.15) is 23.5 Å². The number of carbonyl (C=O) groups excluding carboxylic acids is 3. The van der Waals surface area contributed by atoms with E-state index in [0.717, 1.165) is 50.9 Å². The van der Waals surface area contributed by atoms with E-state index in [0.29, 0.717) is 67.3 Å². The number of aliphatic hydroxyl groups excluding tert-OH is 2. The van der Waals surface area contributed by atoms with Gasteiger partial charge >= 0.3 is 11.9 Å². The van der Waals surface area contributed by atoms with Crippen LogP contribution in [0.5, 0.6) is 0 Å². The van der Waals surface area contributed by atoms with E-state index >= 15 is 0 Å². The minimum Gasteiger partial charge on any atom is -0.462 e. The van der Waals surface area contributed by atoms with Crippen molar-refractivity contribution < 1.29 is 49.4 Å². The van der Waals surface area contributed by atoms with E-state index in [9.17, 15) is 24.6 Å². The lowest BCUT2D eigenvalue weighted by Crippen LogP contribution is -2.96. The molecule has 324 valence electrons. The Morgan fingerprint density at radius 1 is 1.16 bits per heavy atom. The third-order valence-corrected chi connectivity index (χ3v) is 19.2. The lowest BCUT2D eigenvalue weighted by Gasteiger charge is -2.58. The van der Waals surface area contributed by atoms with Crippen molar-refractivity contribution in [2.45, 2.75) is 145 Å². The molecule has 8 aliphatic rings. The molecule has 8 rings (SSSR count). The molecule has 5 aliphatic heterocycles. The van der Waals surface area contributed by atoms with Gasteiger partial charge in [0.25, 0.3) is 0 Å². The van der Waals surface area contributed by atoms with E-state index < -0.39 is 11.2 Å². The molecule has 58 heavy (non-hydrogen) atoms. The number of aliphatic hydroxyl groups is 2. The molecule has 16 atom stereocenters. The molecule has 5 saturated heterocycles. The maximum atomic E-state index is 14.5. The van der Waals surface area contributed by atoms with Gasteiger partial charge in [-0.2, -0.15) is 0 Å². The largest absolute Gasteiger partial charge is 0.462 e. The van der Waals surface area contributed by atoms with Gasteiger partial charge in [-0.3, -0.25) is 15.3 Å². The first-order valence-electron chi connectivity index (χ1n) is 22.5. The number of allylic oxidation sites excluding steroid dienone is 1. The Morgan fingerprint density at radius 2 is 1.98 bits per heavy atom. The summed E-state index contributed by atoms with van der Waals surface area (Å²) in [6, 6.07) is 0.867. The minimum atomic E-state index is -0.981. The van der Waals surface area contributed by atoms with Gasteiger partial charge < -0.3 is 40.0 Å². The van der Waals surface area contributed by atoms with Gasteiger partial charge in [0, 0.05) is 80.3 Å². The quantitative estimate of drug-likeness (QED) is 0.0995. The molecular formula is C44H70N4O8S2+2. The van der Waals surface area contributed by atoms with Gasteiger partial charge in [-0.25, -0.2) is 4.79 Å². The summed E-state index contributed by atoms with van der Waals surface area (Å²) in [4.78, 5) is 44.1. The van der Waals surface area contributed by atoms with Crippen LogP contribution in [0.4, 0.5) is 0 Å². The molecule has 1 spiro atoms. The summed E-state index contributed by atoms with van der Waals surface area (Å²) in [5.41, 5.74) is 6.91. The molecule has 7 fully saturated rings. The molecule has 0 aromatic rings. The molecule has 0 radical (unpaired) electrons. The minimum absolute atomic E-state index is 0.00993. The Kier molecular flexibility index (Phi) is 13.1. The normalized spacial score (nSPS) is 44.5. The van der Waals surface area contributed by atoms with E-state index in [-0.39, 0.29) is 90.9 Å². The summed E-state index contributed by atoms with van der Waals surface area (Å²) in [6.45, 7) is 7.43. The van der Waals surface area contributed by atoms with Gasteiger partial charge in [-0.1, -0.05) is 39.3 Å². The van der Waals surface area contributed by atoms with Crippen molar-refractivity contribution in [2.24, 2.45) is 53.1 Å². The third kappa shape index (κ3) is 7.85. The highest BCUT2D eigenvalue weighted by Crippen LogP contribution is 2.62. The van der Waals surface area contributed by atoms with Crippen molar-refractivity contribution in [3.05, 3.63) is 23.3 Å². The number of quaternary nitrogens is 2. The number of amides is 1. The van der Waals surface area contributed by atoms with Crippen LogP contribution in [0.3, 0.4) is 0 Å². The second-order valence-electron chi connectivity index (χ2n) is 19.5. The van der Waals surface area contributed by atoms with Gasteiger partial charge in [0.05, 0.1) is 43.6 Å². The SMILES string of the molecule is CC=C(C)C(=O)OC1(C)CC=C2CSSC3CCC([NH2+]C)C4CN(C(=O)CC5C[NH2+]C(N)CC5C2C12CC1CC5CC(CC(CO)CCCO)C(=O)OC5CC1O2)C34. The fourth-order valence-electron chi connectivity index (χ4n) is 13.1. The maximum Gasteiger partial charge on any atom is 0.334 e. The number of carbonyl (C=O) groups is 3. The molecule has 0 aromatic carbocycles. The van der Waals surface area contributed by atoms with E-state index in [2.05, 4.69) is 35.6 Å². The van der Waals surface area contributed by atoms with Crippen molar-refractivity contribution in [3.8, 4) is 0 Å². The summed E-state index contributed by atoms with van der Waals surface area (Å²) in [5.74, 6) is 1.19. The average molecular weight is 847 g/mol. The number of fused-ring (bicyclic) bond motifs is 6. The van der Waals surface area contributed by atoms with Crippen LogP contribution in [-0.2, 0) is 28.6 Å². The zero-order chi connectivity index (χ0) is 40.9. The number of rotatable bonds is 9. The second-order valence-corrected chi connectivity index (χ2v) is 22.1. The first kappa shape index (κ1) is 43.0. The van der Waals surface area contributed by atoms with Crippen molar-refractivity contribution in [1.82, 2.24) is 4.90 Å². The summed E-state index contributed by atoms with van der Waals surface area (Å²) in [7, 11) is 6.09. The van der Waals surface area contributed by atoms with Gasteiger partial charge in [-0.05, 0) is 89.4 Å². The third-order valence-electron chi connectivity index (χ3n) is 16.4. The van der Waals surface area contributed by atoms with Crippen molar-refractivity contribution >= 4 is 39.4 Å². The highest BCUT2D eigenvalue weighted by Gasteiger charge is 2.68. The first-order chi connectivity index (χ1) is 27.9. The molecule has 0 aromatic heterocycles. The number of nitrogens with zero attached hydrogens (tertiary/aromatic N) is 1. The number of piperidine rings is 1. The van der Waals surface area contributed by atoms with Crippen LogP contribution < -0.4 is 16.4 Å². The van der Waals surface area contributed by atoms with Crippen LogP contribution in [0.2, 0.25) is 0 Å². The number of hydrogen-bond donors (Lipinski definition) is 5. The summed E-state index contributed by atoms with van der Waals surface area (Å²) < 4.78 is 20.7. The maximum absolute atomic E-state index is 14.5. The van der Waals surface area contributed by atoms with Crippen molar-refractivity contribution in [1.29, 1.82) is 0 Å². The molecule has 0 bridgehead atoms. The molecule has 8 N–H and O–H groups in total. The Bertz CT molecular complexity index is 1620. The van der Waals surface area contributed by atoms with Gasteiger partial charge in [0.2, 0.25) is 5.91 Å². The highest BCUT2D eigenvalue weighted by atomic mass is 33.1.